The Labute approximate surface area is 221 Å². The molecule has 2 aromatic carbocycles. The molecule has 0 saturated carbocycles. The highest BCUT2D eigenvalue weighted by atomic mass is 32.2. The molecule has 3 atom stereocenters. The molecule has 38 heavy (non-hydrogen) atoms. The Bertz CT molecular complexity index is 1470. The Morgan fingerprint density at radius 1 is 1.16 bits per heavy atom. The third-order valence-electron chi connectivity index (χ3n) is 6.79. The van der Waals surface area contributed by atoms with E-state index in [0.29, 0.717) is 22.7 Å². The minimum absolute atomic E-state index is 0.0445. The maximum absolute atomic E-state index is 14.2. The normalized spacial score (nSPS) is 19.6. The monoisotopic (exact) mass is 541 g/mol. The molecule has 2 N–H and O–H groups in total. The quantitative estimate of drug-likeness (QED) is 0.383. The van der Waals surface area contributed by atoms with Crippen LogP contribution in [0.3, 0.4) is 0 Å². The lowest BCUT2D eigenvalue weighted by molar-refractivity contribution is -0.122. The third kappa shape index (κ3) is 5.47. The van der Waals surface area contributed by atoms with Crippen molar-refractivity contribution >= 4 is 50.3 Å². The summed E-state index contributed by atoms with van der Waals surface area (Å²) < 4.78 is 29.6. The molecule has 0 bridgehead atoms. The van der Waals surface area contributed by atoms with Crippen LogP contribution in [0, 0.1) is 0 Å². The van der Waals surface area contributed by atoms with Gasteiger partial charge >= 0.3 is 0 Å². The summed E-state index contributed by atoms with van der Waals surface area (Å²) in [4.78, 5) is 42.2. The number of rotatable bonds is 9. The van der Waals surface area contributed by atoms with E-state index in [4.69, 9.17) is 4.52 Å². The van der Waals surface area contributed by atoms with Gasteiger partial charge < -0.3 is 29.8 Å². The van der Waals surface area contributed by atoms with Gasteiger partial charge in [-0.25, -0.2) is 8.42 Å². The van der Waals surface area contributed by atoms with E-state index in [0.717, 1.165) is 17.9 Å². The van der Waals surface area contributed by atoms with Gasteiger partial charge in [0.2, 0.25) is 11.8 Å². The number of benzene rings is 2. The molecular formula is C26H31N5O6S. The van der Waals surface area contributed by atoms with Gasteiger partial charge in [0.1, 0.15) is 23.8 Å². The van der Waals surface area contributed by atoms with Gasteiger partial charge in [-0.05, 0) is 45.2 Å². The Morgan fingerprint density at radius 3 is 2.47 bits per heavy atom. The topological polar surface area (TPSA) is 142 Å². The first-order chi connectivity index (χ1) is 18.0. The number of carbonyl (C=O) groups excluding carboxylic acids is 3. The van der Waals surface area contributed by atoms with Crippen molar-refractivity contribution in [3.05, 3.63) is 54.2 Å². The van der Waals surface area contributed by atoms with Gasteiger partial charge in [0, 0.05) is 18.2 Å². The maximum Gasteiger partial charge on any atom is 0.246 e. The first-order valence-electron chi connectivity index (χ1n) is 12.1. The van der Waals surface area contributed by atoms with Crippen LogP contribution in [0.25, 0.3) is 11.0 Å². The molecule has 0 radical (unpaired) electrons. The van der Waals surface area contributed by atoms with Crippen LogP contribution in [-0.2, 0) is 30.8 Å². The summed E-state index contributed by atoms with van der Waals surface area (Å²) in [5, 5.41) is 11.0. The molecule has 0 aliphatic carbocycles. The molecule has 0 fully saturated rings. The predicted molar refractivity (Wildman–Crippen MR) is 144 cm³/mol. The van der Waals surface area contributed by atoms with Crippen molar-refractivity contribution in [3.63, 3.8) is 0 Å². The van der Waals surface area contributed by atoms with E-state index < -0.39 is 39.1 Å². The van der Waals surface area contributed by atoms with Crippen LogP contribution >= 0.6 is 0 Å². The van der Waals surface area contributed by atoms with E-state index in [1.165, 1.54) is 9.80 Å². The number of aldehydes is 1. The fraction of sp³-hybridized carbons (Fsp3) is 0.385. The second-order valence-corrected chi connectivity index (χ2v) is 11.9. The minimum atomic E-state index is -3.65. The first kappa shape index (κ1) is 27.4. The second kappa shape index (κ2) is 10.6. The second-order valence-electron chi connectivity index (χ2n) is 9.76. The van der Waals surface area contributed by atoms with Gasteiger partial charge in [0.25, 0.3) is 0 Å². The van der Waals surface area contributed by atoms with Crippen LogP contribution in [-0.4, -0.2) is 74.9 Å². The van der Waals surface area contributed by atoms with Crippen molar-refractivity contribution in [2.75, 3.05) is 35.4 Å². The number of para-hydroxylation sites is 3. The van der Waals surface area contributed by atoms with Gasteiger partial charge in [-0.2, -0.15) is 0 Å². The summed E-state index contributed by atoms with van der Waals surface area (Å²) in [6, 6.07) is 12.4. The van der Waals surface area contributed by atoms with Crippen LogP contribution in [0.1, 0.15) is 19.5 Å². The van der Waals surface area contributed by atoms with E-state index in [-0.39, 0.29) is 19.0 Å². The smallest absolute Gasteiger partial charge is 0.246 e. The van der Waals surface area contributed by atoms with Gasteiger partial charge in [-0.1, -0.05) is 29.4 Å². The number of nitrogens with one attached hydrogen (secondary N) is 2. The molecule has 0 unspecified atom stereocenters. The Hall–Kier alpha value is -3.61. The largest absolute Gasteiger partial charge is 0.356 e. The molecule has 1 aromatic heterocycles. The molecule has 2 heterocycles. The summed E-state index contributed by atoms with van der Waals surface area (Å²) >= 11 is 0. The molecular weight excluding hydrogens is 510 g/mol. The van der Waals surface area contributed by atoms with E-state index >= 15 is 0 Å². The molecule has 1 aliphatic heterocycles. The van der Waals surface area contributed by atoms with Crippen LogP contribution in [0.5, 0.6) is 0 Å². The zero-order chi connectivity index (χ0) is 27.7. The molecule has 0 saturated heterocycles. The molecule has 11 nitrogen and oxygen atoms in total. The number of carbonyl (C=O) groups is 3. The molecule has 202 valence electrons. The lowest BCUT2D eigenvalue weighted by Gasteiger charge is -2.34. The van der Waals surface area contributed by atoms with Crippen molar-refractivity contribution < 1.29 is 27.3 Å². The van der Waals surface area contributed by atoms with Crippen LogP contribution in [0.4, 0.5) is 11.4 Å². The van der Waals surface area contributed by atoms with E-state index in [9.17, 15) is 22.8 Å². The standard InChI is InChI=1S/C26H31N5O6S/c1-17-24(28-15-26(2,16-32)27-3)25(34)30(13-19-18-9-5-8-12-22(18)37-29-19)20-10-6-7-11-21(20)31(17)23(33)14-38(4,35)36/h5-12,16-17,24,27-28H,13-15H2,1-4H3/t17-,24-,26+/m0/s1. The third-order valence-corrected chi connectivity index (χ3v) is 7.56. The SMILES string of the molecule is CN[C@@](C)(C=O)CN[C@@H]1C(=O)N(Cc2noc3ccccc23)c2ccccc2N(C(=O)CS(C)(=O)=O)[C@H]1C. The summed E-state index contributed by atoms with van der Waals surface area (Å²) in [5.74, 6) is -1.74. The summed E-state index contributed by atoms with van der Waals surface area (Å²) in [7, 11) is -2.02. The van der Waals surface area contributed by atoms with Crippen molar-refractivity contribution in [2.24, 2.45) is 0 Å². The van der Waals surface area contributed by atoms with Crippen molar-refractivity contribution in [1.82, 2.24) is 15.8 Å². The van der Waals surface area contributed by atoms with Gasteiger partial charge in [0.05, 0.1) is 29.5 Å². The molecule has 2 amide bonds. The maximum atomic E-state index is 14.2. The first-order valence-corrected chi connectivity index (χ1v) is 14.2. The number of aromatic nitrogens is 1. The fourth-order valence-corrected chi connectivity index (χ4v) is 5.13. The number of fused-ring (bicyclic) bond motifs is 2. The highest BCUT2D eigenvalue weighted by Gasteiger charge is 2.42. The predicted octanol–water partition coefficient (Wildman–Crippen LogP) is 1.28. The lowest BCUT2D eigenvalue weighted by atomic mass is 10.0. The van der Waals surface area contributed by atoms with Gasteiger partial charge in [-0.15, -0.1) is 0 Å². The Kier molecular flexibility index (Phi) is 7.68. The van der Waals surface area contributed by atoms with E-state index in [1.807, 2.05) is 18.2 Å². The number of nitrogens with zero attached hydrogens (tertiary/aromatic N) is 3. The Balaban J connectivity index is 1.83. The molecule has 0 spiro atoms. The molecule has 12 heteroatoms. The number of sulfone groups is 1. The molecule has 1 aliphatic rings. The van der Waals surface area contributed by atoms with Crippen LogP contribution in [0.2, 0.25) is 0 Å². The average Bonchev–Trinajstić information content (AvgIpc) is 3.26. The summed E-state index contributed by atoms with van der Waals surface area (Å²) in [5.41, 5.74) is 0.939. The number of anilines is 2. The molecule has 3 aromatic rings. The average molecular weight is 542 g/mol. The minimum Gasteiger partial charge on any atom is -0.356 e. The molecule has 4 rings (SSSR count). The number of hydrogen-bond acceptors (Lipinski definition) is 9. The number of hydrogen-bond donors (Lipinski definition) is 2. The zero-order valence-corrected chi connectivity index (χ0v) is 22.5. The lowest BCUT2D eigenvalue weighted by Crippen LogP contribution is -2.61. The number of likely N-dealkylation sites (N-methyl/N-ethyl adjacent to an activating group) is 1. The fourth-order valence-electron chi connectivity index (χ4n) is 4.55. The van der Waals surface area contributed by atoms with Crippen LogP contribution in [0.15, 0.2) is 53.1 Å². The Morgan fingerprint density at radius 2 is 1.82 bits per heavy atom. The summed E-state index contributed by atoms with van der Waals surface area (Å²) in [6.07, 6.45) is 1.73. The van der Waals surface area contributed by atoms with E-state index in [1.54, 1.807) is 51.2 Å². The van der Waals surface area contributed by atoms with Crippen molar-refractivity contribution in [2.45, 2.75) is 38.0 Å². The van der Waals surface area contributed by atoms with Crippen molar-refractivity contribution in [3.8, 4) is 0 Å². The highest BCUT2D eigenvalue weighted by Crippen LogP contribution is 2.37. The summed E-state index contributed by atoms with van der Waals surface area (Å²) in [6.45, 7) is 3.49. The van der Waals surface area contributed by atoms with Crippen LogP contribution < -0.4 is 20.4 Å². The zero-order valence-electron chi connectivity index (χ0n) is 21.7. The number of amides is 2. The van der Waals surface area contributed by atoms with Crippen molar-refractivity contribution in [1.29, 1.82) is 0 Å². The van der Waals surface area contributed by atoms with Gasteiger partial charge in [-0.3, -0.25) is 9.59 Å². The van der Waals surface area contributed by atoms with Gasteiger partial charge in [0.15, 0.2) is 15.4 Å². The van der Waals surface area contributed by atoms with E-state index in [2.05, 4.69) is 15.8 Å². The highest BCUT2D eigenvalue weighted by molar-refractivity contribution is 7.91.